The van der Waals surface area contributed by atoms with Crippen LogP contribution in [0, 0.1) is 6.92 Å². The van der Waals surface area contributed by atoms with Crippen molar-refractivity contribution >= 4 is 27.5 Å². The van der Waals surface area contributed by atoms with Gasteiger partial charge in [-0.2, -0.15) is 4.37 Å². The van der Waals surface area contributed by atoms with Crippen molar-refractivity contribution < 1.29 is 0 Å². The summed E-state index contributed by atoms with van der Waals surface area (Å²) in [5.41, 5.74) is 2.38. The van der Waals surface area contributed by atoms with Crippen molar-refractivity contribution in [3.8, 4) is 10.6 Å². The van der Waals surface area contributed by atoms with Crippen LogP contribution in [0.3, 0.4) is 0 Å². The van der Waals surface area contributed by atoms with Crippen LogP contribution in [0.1, 0.15) is 5.56 Å². The van der Waals surface area contributed by atoms with Crippen LogP contribution in [0.2, 0.25) is 0 Å². The predicted molar refractivity (Wildman–Crippen MR) is 57.8 cm³/mol. The second-order valence-electron chi connectivity index (χ2n) is 2.73. The number of aromatic nitrogens is 2. The Morgan fingerprint density at radius 1 is 1.23 bits per heavy atom. The fourth-order valence-corrected chi connectivity index (χ4v) is 2.10. The van der Waals surface area contributed by atoms with E-state index in [2.05, 4.69) is 56.5 Å². The predicted octanol–water partition coefficient (Wildman–Crippen LogP) is 3.28. The van der Waals surface area contributed by atoms with Crippen molar-refractivity contribution in [1.29, 1.82) is 0 Å². The minimum absolute atomic E-state index is 0.660. The van der Waals surface area contributed by atoms with Gasteiger partial charge in [-0.1, -0.05) is 29.8 Å². The Labute approximate surface area is 88.9 Å². The molecule has 13 heavy (non-hydrogen) atoms. The van der Waals surface area contributed by atoms with Crippen molar-refractivity contribution in [1.82, 2.24) is 9.36 Å². The maximum absolute atomic E-state index is 4.23. The summed E-state index contributed by atoms with van der Waals surface area (Å²) in [5, 5.41) is 0.951. The summed E-state index contributed by atoms with van der Waals surface area (Å²) in [4.78, 5) is 4.23. The third-order valence-electron chi connectivity index (χ3n) is 1.70. The van der Waals surface area contributed by atoms with Gasteiger partial charge in [-0.3, -0.25) is 0 Å². The Kier molecular flexibility index (Phi) is 2.42. The number of rotatable bonds is 1. The fourth-order valence-electron chi connectivity index (χ4n) is 1.02. The lowest BCUT2D eigenvalue weighted by atomic mass is 10.2. The van der Waals surface area contributed by atoms with E-state index in [0.717, 1.165) is 10.6 Å². The highest BCUT2D eigenvalue weighted by Gasteiger charge is 2.02. The Hall–Kier alpha value is -0.740. The van der Waals surface area contributed by atoms with E-state index in [-0.39, 0.29) is 0 Å². The van der Waals surface area contributed by atoms with Gasteiger partial charge in [0.15, 0.2) is 0 Å². The molecule has 1 aromatic carbocycles. The highest BCUT2D eigenvalue weighted by atomic mass is 79.9. The van der Waals surface area contributed by atoms with E-state index >= 15 is 0 Å². The van der Waals surface area contributed by atoms with E-state index in [9.17, 15) is 0 Å². The molecule has 0 spiro atoms. The third kappa shape index (κ3) is 1.95. The Morgan fingerprint density at radius 2 is 1.92 bits per heavy atom. The number of benzene rings is 1. The van der Waals surface area contributed by atoms with Crippen LogP contribution in [0.25, 0.3) is 10.6 Å². The second kappa shape index (κ2) is 3.55. The minimum atomic E-state index is 0.660. The first-order valence-electron chi connectivity index (χ1n) is 3.82. The van der Waals surface area contributed by atoms with E-state index in [1.807, 2.05) is 0 Å². The molecule has 0 fully saturated rings. The normalized spacial score (nSPS) is 10.3. The molecule has 1 heterocycles. The molecule has 2 nitrogen and oxygen atoms in total. The summed E-state index contributed by atoms with van der Waals surface area (Å²) in [7, 11) is 0. The van der Waals surface area contributed by atoms with Gasteiger partial charge in [0.25, 0.3) is 0 Å². The molecule has 66 valence electrons. The highest BCUT2D eigenvalue weighted by Crippen LogP contribution is 2.23. The molecule has 0 unspecified atom stereocenters. The van der Waals surface area contributed by atoms with Crippen molar-refractivity contribution in [2.75, 3.05) is 0 Å². The van der Waals surface area contributed by atoms with Crippen LogP contribution in [0.15, 0.2) is 29.0 Å². The van der Waals surface area contributed by atoms with Gasteiger partial charge in [0.2, 0.25) is 4.73 Å². The topological polar surface area (TPSA) is 25.8 Å². The molecule has 0 saturated carbocycles. The van der Waals surface area contributed by atoms with Crippen LogP contribution in [-0.2, 0) is 0 Å². The Bertz CT molecular complexity index is 408. The molecule has 0 radical (unpaired) electrons. The van der Waals surface area contributed by atoms with Crippen LogP contribution in [0.5, 0.6) is 0 Å². The molecular weight excluding hydrogens is 248 g/mol. The lowest BCUT2D eigenvalue weighted by molar-refractivity contribution is 1.26. The molecule has 0 saturated heterocycles. The molecule has 0 N–H and O–H groups in total. The lowest BCUT2D eigenvalue weighted by Gasteiger charge is -1.94. The SMILES string of the molecule is Cc1ccc(-c2nc(Br)ns2)cc1. The number of hydrogen-bond acceptors (Lipinski definition) is 3. The summed E-state index contributed by atoms with van der Waals surface area (Å²) in [5.74, 6) is 0. The molecule has 0 bridgehead atoms. The summed E-state index contributed by atoms with van der Waals surface area (Å²) in [6, 6.07) is 8.26. The molecule has 0 amide bonds. The first kappa shape index (κ1) is 8.84. The van der Waals surface area contributed by atoms with Gasteiger partial charge < -0.3 is 0 Å². The molecule has 0 aliphatic rings. The number of aryl methyl sites for hydroxylation is 1. The van der Waals surface area contributed by atoms with E-state index in [0.29, 0.717) is 4.73 Å². The fraction of sp³-hybridized carbons (Fsp3) is 0.111. The highest BCUT2D eigenvalue weighted by molar-refractivity contribution is 9.10. The van der Waals surface area contributed by atoms with Gasteiger partial charge in [-0.25, -0.2) is 4.98 Å². The number of hydrogen-bond donors (Lipinski definition) is 0. The van der Waals surface area contributed by atoms with Gasteiger partial charge in [0, 0.05) is 5.56 Å². The van der Waals surface area contributed by atoms with Crippen LogP contribution < -0.4 is 0 Å². The van der Waals surface area contributed by atoms with E-state index in [1.165, 1.54) is 17.1 Å². The van der Waals surface area contributed by atoms with Gasteiger partial charge >= 0.3 is 0 Å². The lowest BCUT2D eigenvalue weighted by Crippen LogP contribution is -1.76. The smallest absolute Gasteiger partial charge is 0.209 e. The maximum Gasteiger partial charge on any atom is 0.209 e. The number of nitrogens with zero attached hydrogens (tertiary/aromatic N) is 2. The molecule has 2 rings (SSSR count). The second-order valence-corrected chi connectivity index (χ2v) is 4.20. The standard InChI is InChI=1S/C9H7BrN2S/c1-6-2-4-7(5-3-6)8-11-9(10)12-13-8/h2-5H,1H3. The first-order chi connectivity index (χ1) is 6.25. The quantitative estimate of drug-likeness (QED) is 0.781. The average Bonchev–Trinajstić information content (AvgIpc) is 2.53. The van der Waals surface area contributed by atoms with Gasteiger partial charge in [-0.15, -0.1) is 0 Å². The molecular formula is C9H7BrN2S. The molecule has 0 aliphatic heterocycles. The molecule has 0 aliphatic carbocycles. The zero-order valence-corrected chi connectivity index (χ0v) is 9.39. The van der Waals surface area contributed by atoms with Gasteiger partial charge in [-0.05, 0) is 34.4 Å². The summed E-state index contributed by atoms with van der Waals surface area (Å²) >= 11 is 4.63. The zero-order chi connectivity index (χ0) is 9.26. The molecule has 4 heteroatoms. The van der Waals surface area contributed by atoms with Crippen molar-refractivity contribution in [2.24, 2.45) is 0 Å². The van der Waals surface area contributed by atoms with Crippen molar-refractivity contribution in [3.05, 3.63) is 34.6 Å². The van der Waals surface area contributed by atoms with Crippen LogP contribution in [-0.4, -0.2) is 9.36 Å². The molecule has 2 aromatic rings. The summed E-state index contributed by atoms with van der Waals surface area (Å²) < 4.78 is 4.72. The summed E-state index contributed by atoms with van der Waals surface area (Å²) in [6.45, 7) is 2.07. The maximum atomic E-state index is 4.23. The molecule has 0 atom stereocenters. The summed E-state index contributed by atoms with van der Waals surface area (Å²) in [6.07, 6.45) is 0. The van der Waals surface area contributed by atoms with Crippen LogP contribution in [0.4, 0.5) is 0 Å². The van der Waals surface area contributed by atoms with E-state index in [1.54, 1.807) is 0 Å². The Morgan fingerprint density at radius 3 is 2.46 bits per heavy atom. The van der Waals surface area contributed by atoms with E-state index < -0.39 is 0 Å². The monoisotopic (exact) mass is 254 g/mol. The van der Waals surface area contributed by atoms with E-state index in [4.69, 9.17) is 0 Å². The molecule has 1 aromatic heterocycles. The minimum Gasteiger partial charge on any atom is -0.209 e. The van der Waals surface area contributed by atoms with Gasteiger partial charge in [0.05, 0.1) is 0 Å². The van der Waals surface area contributed by atoms with Crippen LogP contribution >= 0.6 is 27.5 Å². The van der Waals surface area contributed by atoms with Crippen molar-refractivity contribution in [2.45, 2.75) is 6.92 Å². The Balaban J connectivity index is 2.41. The number of halogens is 1. The van der Waals surface area contributed by atoms with Crippen molar-refractivity contribution in [3.63, 3.8) is 0 Å². The third-order valence-corrected chi connectivity index (χ3v) is 3.05. The van der Waals surface area contributed by atoms with Gasteiger partial charge in [0.1, 0.15) is 5.01 Å². The largest absolute Gasteiger partial charge is 0.209 e. The first-order valence-corrected chi connectivity index (χ1v) is 5.38. The zero-order valence-electron chi connectivity index (χ0n) is 6.99. The average molecular weight is 255 g/mol.